The summed E-state index contributed by atoms with van der Waals surface area (Å²) < 4.78 is 0. The molecule has 0 aliphatic carbocycles. The Morgan fingerprint density at radius 1 is 1.11 bits per heavy atom. The number of aromatic nitrogens is 2. The Labute approximate surface area is 114 Å². The van der Waals surface area contributed by atoms with Gasteiger partial charge in [-0.15, -0.1) is 0 Å². The molecule has 0 fully saturated rings. The minimum Gasteiger partial charge on any atom is -0.370 e. The molecule has 0 unspecified atom stereocenters. The van der Waals surface area contributed by atoms with Crippen molar-refractivity contribution in [2.24, 2.45) is 0 Å². The van der Waals surface area contributed by atoms with Gasteiger partial charge in [-0.05, 0) is 31.4 Å². The standard InChI is InChI=1S/C15H20N4/c1-4-12-8-6-7-11(3)15(12)19-14-9-13(16-5-2)17-10-18-14/h6-10H,4-5H2,1-3H3,(H2,16,17,18,19). The van der Waals surface area contributed by atoms with Gasteiger partial charge in [-0.3, -0.25) is 0 Å². The lowest BCUT2D eigenvalue weighted by Gasteiger charge is -2.13. The van der Waals surface area contributed by atoms with Crippen LogP contribution < -0.4 is 10.6 Å². The van der Waals surface area contributed by atoms with Gasteiger partial charge in [0, 0.05) is 18.3 Å². The van der Waals surface area contributed by atoms with Gasteiger partial charge in [-0.1, -0.05) is 25.1 Å². The van der Waals surface area contributed by atoms with Crippen LogP contribution in [-0.2, 0) is 6.42 Å². The highest BCUT2D eigenvalue weighted by molar-refractivity contribution is 5.66. The average Bonchev–Trinajstić information content (AvgIpc) is 2.42. The number of hydrogen-bond acceptors (Lipinski definition) is 4. The number of nitrogens with zero attached hydrogens (tertiary/aromatic N) is 2. The Bertz CT molecular complexity index is 552. The zero-order chi connectivity index (χ0) is 13.7. The second-order valence-corrected chi connectivity index (χ2v) is 4.41. The monoisotopic (exact) mass is 256 g/mol. The summed E-state index contributed by atoms with van der Waals surface area (Å²) in [5.41, 5.74) is 3.66. The molecule has 1 aromatic heterocycles. The maximum Gasteiger partial charge on any atom is 0.135 e. The van der Waals surface area contributed by atoms with Crippen LogP contribution in [0.15, 0.2) is 30.6 Å². The van der Waals surface area contributed by atoms with E-state index in [2.05, 4.69) is 52.6 Å². The van der Waals surface area contributed by atoms with E-state index >= 15 is 0 Å². The molecule has 0 atom stereocenters. The quantitative estimate of drug-likeness (QED) is 0.859. The molecular formula is C15H20N4. The van der Waals surface area contributed by atoms with Crippen LogP contribution in [0.5, 0.6) is 0 Å². The van der Waals surface area contributed by atoms with Gasteiger partial charge in [0.2, 0.25) is 0 Å². The summed E-state index contributed by atoms with van der Waals surface area (Å²) in [6, 6.07) is 8.26. The highest BCUT2D eigenvalue weighted by Gasteiger charge is 2.05. The molecule has 2 N–H and O–H groups in total. The van der Waals surface area contributed by atoms with Crippen LogP contribution in [0.3, 0.4) is 0 Å². The highest BCUT2D eigenvalue weighted by Crippen LogP contribution is 2.24. The lowest BCUT2D eigenvalue weighted by molar-refractivity contribution is 1.10. The van der Waals surface area contributed by atoms with Crippen molar-refractivity contribution >= 4 is 17.3 Å². The first-order valence-corrected chi connectivity index (χ1v) is 6.66. The van der Waals surface area contributed by atoms with E-state index in [1.54, 1.807) is 6.33 Å². The third kappa shape index (κ3) is 3.22. The van der Waals surface area contributed by atoms with E-state index in [4.69, 9.17) is 0 Å². The van der Waals surface area contributed by atoms with E-state index in [0.29, 0.717) is 0 Å². The molecular weight excluding hydrogens is 236 g/mol. The van der Waals surface area contributed by atoms with Crippen molar-refractivity contribution in [3.8, 4) is 0 Å². The van der Waals surface area contributed by atoms with E-state index in [1.165, 1.54) is 11.1 Å². The second kappa shape index (κ2) is 6.18. The van der Waals surface area contributed by atoms with Crippen molar-refractivity contribution in [2.45, 2.75) is 27.2 Å². The molecule has 4 nitrogen and oxygen atoms in total. The van der Waals surface area contributed by atoms with E-state index in [1.807, 2.05) is 13.0 Å². The van der Waals surface area contributed by atoms with Crippen molar-refractivity contribution in [2.75, 3.05) is 17.2 Å². The number of anilines is 3. The second-order valence-electron chi connectivity index (χ2n) is 4.41. The summed E-state index contributed by atoms with van der Waals surface area (Å²) >= 11 is 0. The minimum absolute atomic E-state index is 0.815. The lowest BCUT2D eigenvalue weighted by Crippen LogP contribution is -2.03. The van der Waals surface area contributed by atoms with E-state index < -0.39 is 0 Å². The Morgan fingerprint density at radius 2 is 1.89 bits per heavy atom. The fourth-order valence-corrected chi connectivity index (χ4v) is 2.03. The molecule has 0 radical (unpaired) electrons. The van der Waals surface area contributed by atoms with Gasteiger partial charge in [0.1, 0.15) is 18.0 Å². The molecule has 0 spiro atoms. The Hall–Kier alpha value is -2.10. The molecule has 2 rings (SSSR count). The predicted octanol–water partition coefficient (Wildman–Crippen LogP) is 3.52. The van der Waals surface area contributed by atoms with Crippen LogP contribution >= 0.6 is 0 Å². The number of aryl methyl sites for hydroxylation is 2. The molecule has 1 heterocycles. The van der Waals surface area contributed by atoms with Crippen molar-refractivity contribution in [3.63, 3.8) is 0 Å². The molecule has 19 heavy (non-hydrogen) atoms. The summed E-state index contributed by atoms with van der Waals surface area (Å²) in [5.74, 6) is 1.65. The topological polar surface area (TPSA) is 49.8 Å². The molecule has 1 aromatic carbocycles. The predicted molar refractivity (Wildman–Crippen MR) is 80.0 cm³/mol. The first-order valence-electron chi connectivity index (χ1n) is 6.66. The summed E-state index contributed by atoms with van der Waals surface area (Å²) in [6.07, 6.45) is 2.57. The van der Waals surface area contributed by atoms with Gasteiger partial charge in [0.25, 0.3) is 0 Å². The molecule has 100 valence electrons. The number of benzene rings is 1. The van der Waals surface area contributed by atoms with Crippen molar-refractivity contribution < 1.29 is 0 Å². The van der Waals surface area contributed by atoms with Gasteiger partial charge in [-0.25, -0.2) is 9.97 Å². The lowest BCUT2D eigenvalue weighted by atomic mass is 10.1. The van der Waals surface area contributed by atoms with E-state index in [9.17, 15) is 0 Å². The van der Waals surface area contributed by atoms with Crippen LogP contribution in [0.25, 0.3) is 0 Å². The Balaban J connectivity index is 2.28. The summed E-state index contributed by atoms with van der Waals surface area (Å²) in [7, 11) is 0. The third-order valence-corrected chi connectivity index (χ3v) is 3.02. The molecule has 0 saturated carbocycles. The van der Waals surface area contributed by atoms with Crippen LogP contribution in [-0.4, -0.2) is 16.5 Å². The normalized spacial score (nSPS) is 10.3. The van der Waals surface area contributed by atoms with Crippen LogP contribution in [0.1, 0.15) is 25.0 Å². The minimum atomic E-state index is 0.815. The van der Waals surface area contributed by atoms with Crippen molar-refractivity contribution in [3.05, 3.63) is 41.7 Å². The van der Waals surface area contributed by atoms with E-state index in [0.717, 1.165) is 30.3 Å². The number of rotatable bonds is 5. The maximum atomic E-state index is 4.27. The Morgan fingerprint density at radius 3 is 2.63 bits per heavy atom. The third-order valence-electron chi connectivity index (χ3n) is 3.02. The van der Waals surface area contributed by atoms with E-state index in [-0.39, 0.29) is 0 Å². The first kappa shape index (κ1) is 13.3. The molecule has 2 aromatic rings. The van der Waals surface area contributed by atoms with Crippen LogP contribution in [0.4, 0.5) is 17.3 Å². The molecule has 0 amide bonds. The fraction of sp³-hybridized carbons (Fsp3) is 0.333. The van der Waals surface area contributed by atoms with Gasteiger partial charge in [-0.2, -0.15) is 0 Å². The zero-order valence-corrected chi connectivity index (χ0v) is 11.7. The van der Waals surface area contributed by atoms with Gasteiger partial charge >= 0.3 is 0 Å². The summed E-state index contributed by atoms with van der Waals surface area (Å²) in [5, 5.41) is 6.59. The van der Waals surface area contributed by atoms with Crippen LogP contribution in [0, 0.1) is 6.92 Å². The summed E-state index contributed by atoms with van der Waals surface area (Å²) in [6.45, 7) is 7.16. The SMILES string of the molecule is CCNc1cc(Nc2c(C)cccc2CC)ncn1. The van der Waals surface area contributed by atoms with Gasteiger partial charge < -0.3 is 10.6 Å². The molecule has 4 heteroatoms. The zero-order valence-electron chi connectivity index (χ0n) is 11.7. The highest BCUT2D eigenvalue weighted by atomic mass is 15.1. The van der Waals surface area contributed by atoms with Crippen LogP contribution in [0.2, 0.25) is 0 Å². The number of hydrogen-bond donors (Lipinski definition) is 2. The van der Waals surface area contributed by atoms with Crippen molar-refractivity contribution in [1.29, 1.82) is 0 Å². The number of para-hydroxylation sites is 1. The smallest absolute Gasteiger partial charge is 0.135 e. The Kier molecular flexibility index (Phi) is 4.34. The molecule has 0 aliphatic rings. The first-order chi connectivity index (χ1) is 9.24. The number of nitrogens with one attached hydrogen (secondary N) is 2. The average molecular weight is 256 g/mol. The molecule has 0 aliphatic heterocycles. The van der Waals surface area contributed by atoms with Gasteiger partial charge in [0.05, 0.1) is 0 Å². The fourth-order valence-electron chi connectivity index (χ4n) is 2.03. The molecule has 0 saturated heterocycles. The van der Waals surface area contributed by atoms with Gasteiger partial charge in [0.15, 0.2) is 0 Å². The maximum absolute atomic E-state index is 4.27. The molecule has 0 bridgehead atoms. The van der Waals surface area contributed by atoms with Crippen molar-refractivity contribution in [1.82, 2.24) is 9.97 Å². The summed E-state index contributed by atoms with van der Waals surface area (Å²) in [4.78, 5) is 8.44. The largest absolute Gasteiger partial charge is 0.370 e.